The van der Waals surface area contributed by atoms with Gasteiger partial charge in [0.15, 0.2) is 0 Å². The number of aromatic nitrogens is 2. The number of nitrogens with one attached hydrogen (secondary N) is 1. The molecule has 0 aliphatic heterocycles. The van der Waals surface area contributed by atoms with Crippen LogP contribution < -0.4 is 5.32 Å². The molecule has 0 aliphatic carbocycles. The van der Waals surface area contributed by atoms with Gasteiger partial charge in [-0.1, -0.05) is 37.3 Å². The summed E-state index contributed by atoms with van der Waals surface area (Å²) in [6.45, 7) is 7.10. The highest BCUT2D eigenvalue weighted by molar-refractivity contribution is 5.68. The number of rotatable bonds is 4. The van der Waals surface area contributed by atoms with E-state index in [4.69, 9.17) is 0 Å². The molecule has 3 heteroatoms. The predicted molar refractivity (Wildman–Crippen MR) is 75.7 cm³/mol. The number of nitrogens with zero attached hydrogens (tertiary/aromatic N) is 2. The van der Waals surface area contributed by atoms with Gasteiger partial charge in [-0.05, 0) is 13.8 Å². The minimum atomic E-state index is 0.846. The molecule has 2 aromatic rings. The van der Waals surface area contributed by atoms with E-state index in [2.05, 4.69) is 48.2 Å². The van der Waals surface area contributed by atoms with E-state index in [9.17, 15) is 0 Å². The van der Waals surface area contributed by atoms with Gasteiger partial charge in [0.2, 0.25) is 0 Å². The Hall–Kier alpha value is -1.90. The van der Waals surface area contributed by atoms with Gasteiger partial charge >= 0.3 is 0 Å². The van der Waals surface area contributed by atoms with Crippen molar-refractivity contribution in [2.24, 2.45) is 0 Å². The van der Waals surface area contributed by atoms with Crippen molar-refractivity contribution in [3.63, 3.8) is 0 Å². The van der Waals surface area contributed by atoms with Crippen molar-refractivity contribution >= 4 is 5.82 Å². The fourth-order valence-electron chi connectivity index (χ4n) is 1.94. The van der Waals surface area contributed by atoms with Crippen LogP contribution in [0, 0.1) is 6.92 Å². The Morgan fingerprint density at radius 1 is 1.06 bits per heavy atom. The Bertz CT molecular complexity index is 521. The van der Waals surface area contributed by atoms with Gasteiger partial charge in [-0.2, -0.15) is 0 Å². The van der Waals surface area contributed by atoms with Crippen LogP contribution in [0.5, 0.6) is 0 Å². The monoisotopic (exact) mass is 241 g/mol. The summed E-state index contributed by atoms with van der Waals surface area (Å²) in [6, 6.07) is 10.3. The highest BCUT2D eigenvalue weighted by Gasteiger charge is 2.10. The average molecular weight is 241 g/mol. The zero-order valence-electron chi connectivity index (χ0n) is 11.2. The number of benzene rings is 1. The topological polar surface area (TPSA) is 37.8 Å². The molecular formula is C15H19N3. The fourth-order valence-corrected chi connectivity index (χ4v) is 1.94. The zero-order chi connectivity index (χ0) is 13.0. The lowest BCUT2D eigenvalue weighted by Gasteiger charge is -2.12. The molecule has 1 N–H and O–H groups in total. The van der Waals surface area contributed by atoms with Crippen molar-refractivity contribution in [3.05, 3.63) is 41.7 Å². The summed E-state index contributed by atoms with van der Waals surface area (Å²) >= 11 is 0. The van der Waals surface area contributed by atoms with Gasteiger partial charge in [-0.15, -0.1) is 0 Å². The summed E-state index contributed by atoms with van der Waals surface area (Å²) in [6.07, 6.45) is 0.846. The lowest BCUT2D eigenvalue weighted by molar-refractivity contribution is 0.930. The molecular weight excluding hydrogens is 222 g/mol. The van der Waals surface area contributed by atoms with Crippen LogP contribution in [-0.2, 0) is 6.42 Å². The first-order chi connectivity index (χ1) is 8.76. The summed E-state index contributed by atoms with van der Waals surface area (Å²) in [5.41, 5.74) is 3.28. The van der Waals surface area contributed by atoms with Crippen molar-refractivity contribution < 1.29 is 0 Å². The molecule has 0 atom stereocenters. The molecule has 3 nitrogen and oxygen atoms in total. The van der Waals surface area contributed by atoms with Crippen molar-refractivity contribution in [1.29, 1.82) is 0 Å². The molecule has 0 saturated carbocycles. The first-order valence-electron chi connectivity index (χ1n) is 6.43. The van der Waals surface area contributed by atoms with E-state index >= 15 is 0 Å². The minimum Gasteiger partial charge on any atom is -0.370 e. The summed E-state index contributed by atoms with van der Waals surface area (Å²) in [5, 5.41) is 3.31. The number of anilines is 1. The van der Waals surface area contributed by atoms with E-state index in [1.807, 2.05) is 18.2 Å². The lowest BCUT2D eigenvalue weighted by atomic mass is 10.1. The van der Waals surface area contributed by atoms with Gasteiger partial charge in [0.25, 0.3) is 0 Å². The van der Waals surface area contributed by atoms with Gasteiger partial charge in [0, 0.05) is 24.1 Å². The number of hydrogen-bond acceptors (Lipinski definition) is 3. The molecule has 18 heavy (non-hydrogen) atoms. The minimum absolute atomic E-state index is 0.846. The molecule has 0 radical (unpaired) electrons. The van der Waals surface area contributed by atoms with Gasteiger partial charge in [0.1, 0.15) is 11.6 Å². The largest absolute Gasteiger partial charge is 0.370 e. The first-order valence-corrected chi connectivity index (χ1v) is 6.43. The van der Waals surface area contributed by atoms with Crippen molar-refractivity contribution in [1.82, 2.24) is 9.97 Å². The number of aryl methyl sites for hydroxylation is 1. The van der Waals surface area contributed by atoms with Crippen LogP contribution in [0.4, 0.5) is 5.82 Å². The molecule has 2 rings (SSSR count). The van der Waals surface area contributed by atoms with E-state index in [0.29, 0.717) is 0 Å². The predicted octanol–water partition coefficient (Wildman–Crippen LogP) is 3.45. The third kappa shape index (κ3) is 2.50. The quantitative estimate of drug-likeness (QED) is 0.891. The van der Waals surface area contributed by atoms with Gasteiger partial charge in [0.05, 0.1) is 5.69 Å². The second-order valence-corrected chi connectivity index (χ2v) is 4.21. The van der Waals surface area contributed by atoms with Crippen LogP contribution in [0.25, 0.3) is 11.3 Å². The Kier molecular flexibility index (Phi) is 3.92. The molecule has 0 spiro atoms. The summed E-state index contributed by atoms with van der Waals surface area (Å²) in [7, 11) is 0. The molecule has 1 aromatic heterocycles. The van der Waals surface area contributed by atoms with Crippen molar-refractivity contribution in [3.8, 4) is 11.3 Å². The molecule has 1 aromatic carbocycles. The highest BCUT2D eigenvalue weighted by Crippen LogP contribution is 2.25. The average Bonchev–Trinajstić information content (AvgIpc) is 2.42. The summed E-state index contributed by atoms with van der Waals surface area (Å²) in [4.78, 5) is 9.20. The number of hydrogen-bond donors (Lipinski definition) is 1. The summed E-state index contributed by atoms with van der Waals surface area (Å²) < 4.78 is 0. The van der Waals surface area contributed by atoms with Crippen LogP contribution in [0.1, 0.15) is 25.2 Å². The maximum Gasteiger partial charge on any atom is 0.133 e. The molecule has 0 amide bonds. The van der Waals surface area contributed by atoms with Gasteiger partial charge < -0.3 is 5.32 Å². The van der Waals surface area contributed by atoms with Crippen LogP contribution in [0.3, 0.4) is 0 Å². The van der Waals surface area contributed by atoms with Crippen molar-refractivity contribution in [2.75, 3.05) is 11.9 Å². The Morgan fingerprint density at radius 3 is 2.39 bits per heavy atom. The third-order valence-electron chi connectivity index (χ3n) is 2.90. The normalized spacial score (nSPS) is 10.4. The molecule has 0 saturated heterocycles. The smallest absolute Gasteiger partial charge is 0.133 e. The van der Waals surface area contributed by atoms with E-state index < -0.39 is 0 Å². The third-order valence-corrected chi connectivity index (χ3v) is 2.90. The van der Waals surface area contributed by atoms with Gasteiger partial charge in [-0.3, -0.25) is 0 Å². The Labute approximate surface area is 108 Å². The molecule has 94 valence electrons. The van der Waals surface area contributed by atoms with E-state index in [-0.39, 0.29) is 0 Å². The molecule has 0 bridgehead atoms. The molecule has 0 unspecified atom stereocenters. The Balaban J connectivity index is 2.55. The fraction of sp³-hybridized carbons (Fsp3) is 0.333. The first kappa shape index (κ1) is 12.6. The second-order valence-electron chi connectivity index (χ2n) is 4.21. The van der Waals surface area contributed by atoms with E-state index in [1.54, 1.807) is 0 Å². The molecule has 0 aliphatic rings. The van der Waals surface area contributed by atoms with Crippen LogP contribution in [-0.4, -0.2) is 16.5 Å². The summed E-state index contributed by atoms with van der Waals surface area (Å²) in [5.74, 6) is 1.83. The second kappa shape index (κ2) is 5.63. The zero-order valence-corrected chi connectivity index (χ0v) is 11.2. The van der Waals surface area contributed by atoms with Crippen molar-refractivity contribution in [2.45, 2.75) is 27.2 Å². The highest BCUT2D eigenvalue weighted by atomic mass is 15.0. The van der Waals surface area contributed by atoms with Gasteiger partial charge in [-0.25, -0.2) is 9.97 Å². The molecule has 0 fully saturated rings. The van der Waals surface area contributed by atoms with Crippen LogP contribution >= 0.6 is 0 Å². The maximum absolute atomic E-state index is 4.65. The van der Waals surface area contributed by atoms with Crippen LogP contribution in [0.15, 0.2) is 30.3 Å². The SMILES string of the molecule is CCNc1nc(CC)nc(-c2ccccc2)c1C. The standard InChI is InChI=1S/C15H19N3/c1-4-13-17-14(12-9-7-6-8-10-12)11(3)15(18-13)16-5-2/h6-10H,4-5H2,1-3H3,(H,16,17,18). The van der Waals surface area contributed by atoms with E-state index in [1.165, 1.54) is 0 Å². The lowest BCUT2D eigenvalue weighted by Crippen LogP contribution is -2.07. The Morgan fingerprint density at radius 2 is 1.78 bits per heavy atom. The van der Waals surface area contributed by atoms with E-state index in [0.717, 1.165) is 41.4 Å². The van der Waals surface area contributed by atoms with Crippen LogP contribution in [0.2, 0.25) is 0 Å². The maximum atomic E-state index is 4.65. The molecule has 1 heterocycles.